The molecular formula is C76H154CaO8S2. The van der Waals surface area contributed by atoms with Gasteiger partial charge in [0.2, 0.25) is 20.8 Å². The SMILES string of the molecule is CCCCCCCCCCCCCCCCCCCCCC(CCCCCCCCCCCCCCC)COS(=O)(=O)[O-].CCCCCCCCCCCCCCCCCCCCCC(CCCCCCCCCCCCCCC)COS(=O)(=O)[O-].[Ca+2]. The molecule has 0 bridgehead atoms. The van der Waals surface area contributed by atoms with E-state index in [0.29, 0.717) is 0 Å². The molecule has 87 heavy (non-hydrogen) atoms. The average Bonchev–Trinajstić information content (AvgIpc) is 3.56. The first-order chi connectivity index (χ1) is 42.0. The molecule has 0 aliphatic rings. The zero-order valence-electron chi connectivity index (χ0n) is 59.4. The van der Waals surface area contributed by atoms with Gasteiger partial charge in [-0.1, -0.05) is 439 Å². The second-order valence-corrected chi connectivity index (χ2v) is 29.6. The van der Waals surface area contributed by atoms with Gasteiger partial charge in [0, 0.05) is 0 Å². The van der Waals surface area contributed by atoms with E-state index in [1.165, 1.54) is 385 Å². The summed E-state index contributed by atoms with van der Waals surface area (Å²) in [6, 6.07) is 0. The summed E-state index contributed by atoms with van der Waals surface area (Å²) in [6.45, 7) is 9.26. The van der Waals surface area contributed by atoms with Gasteiger partial charge in [0.05, 0.1) is 13.2 Å². The summed E-state index contributed by atoms with van der Waals surface area (Å²) < 4.78 is 75.3. The van der Waals surface area contributed by atoms with Crippen LogP contribution in [0.3, 0.4) is 0 Å². The van der Waals surface area contributed by atoms with Gasteiger partial charge in [0.25, 0.3) is 0 Å². The maximum Gasteiger partial charge on any atom is 2.00 e. The van der Waals surface area contributed by atoms with Crippen molar-refractivity contribution in [1.29, 1.82) is 0 Å². The third-order valence-corrected chi connectivity index (χ3v) is 19.6. The van der Waals surface area contributed by atoms with Gasteiger partial charge < -0.3 is 9.11 Å². The maximum atomic E-state index is 11.0. The molecule has 520 valence electrons. The summed E-state index contributed by atoms with van der Waals surface area (Å²) in [5.41, 5.74) is 0. The molecule has 0 aromatic carbocycles. The van der Waals surface area contributed by atoms with E-state index in [1.54, 1.807) is 0 Å². The van der Waals surface area contributed by atoms with E-state index in [4.69, 9.17) is 0 Å². The zero-order valence-corrected chi connectivity index (χ0v) is 63.3. The molecule has 0 saturated carbocycles. The second kappa shape index (κ2) is 77.7. The topological polar surface area (TPSA) is 133 Å². The second-order valence-electron chi connectivity index (χ2n) is 27.5. The van der Waals surface area contributed by atoms with E-state index in [-0.39, 0.29) is 62.8 Å². The molecule has 0 aliphatic carbocycles. The third kappa shape index (κ3) is 87.0. The van der Waals surface area contributed by atoms with E-state index in [2.05, 4.69) is 36.1 Å². The minimum Gasteiger partial charge on any atom is -0.726 e. The smallest absolute Gasteiger partial charge is 0.726 e. The van der Waals surface area contributed by atoms with Gasteiger partial charge in [-0.25, -0.2) is 16.8 Å². The monoisotopic (exact) mass is 1300 g/mol. The Morgan fingerprint density at radius 1 is 0.207 bits per heavy atom. The summed E-state index contributed by atoms with van der Waals surface area (Å²) in [7, 11) is -9.18. The van der Waals surface area contributed by atoms with Crippen molar-refractivity contribution >= 4 is 58.5 Å². The molecule has 0 aromatic heterocycles. The fourth-order valence-corrected chi connectivity index (χ4v) is 13.6. The first kappa shape index (κ1) is 92.2. The number of hydrogen-bond acceptors (Lipinski definition) is 8. The van der Waals surface area contributed by atoms with Crippen molar-refractivity contribution in [3.05, 3.63) is 0 Å². The van der Waals surface area contributed by atoms with E-state index in [0.717, 1.165) is 51.4 Å². The van der Waals surface area contributed by atoms with Gasteiger partial charge in [0.15, 0.2) is 0 Å². The Labute approximate surface area is 577 Å². The Morgan fingerprint density at radius 2 is 0.310 bits per heavy atom. The number of rotatable bonds is 74. The fraction of sp³-hybridized carbons (Fsp3) is 1.00. The Morgan fingerprint density at radius 3 is 0.414 bits per heavy atom. The van der Waals surface area contributed by atoms with E-state index < -0.39 is 20.8 Å². The molecule has 0 aromatic rings. The van der Waals surface area contributed by atoms with Crippen molar-refractivity contribution in [2.24, 2.45) is 11.8 Å². The van der Waals surface area contributed by atoms with E-state index in [1.807, 2.05) is 0 Å². The quantitative estimate of drug-likeness (QED) is 0.0254. The molecule has 11 heteroatoms. The average molecular weight is 1300 g/mol. The van der Waals surface area contributed by atoms with Gasteiger partial charge in [-0.15, -0.1) is 0 Å². The van der Waals surface area contributed by atoms with Crippen molar-refractivity contribution in [3.63, 3.8) is 0 Å². The van der Waals surface area contributed by atoms with Crippen LogP contribution in [0.4, 0.5) is 0 Å². The first-order valence-corrected chi connectivity index (χ1v) is 41.9. The van der Waals surface area contributed by atoms with Crippen LogP contribution in [-0.2, 0) is 29.2 Å². The molecule has 0 fully saturated rings. The maximum absolute atomic E-state index is 11.0. The van der Waals surface area contributed by atoms with Crippen LogP contribution in [0.1, 0.15) is 464 Å². The summed E-state index contributed by atoms with van der Waals surface area (Å²) in [5.74, 6) is 0.393. The number of unbranched alkanes of at least 4 members (excludes halogenated alkanes) is 60. The summed E-state index contributed by atoms with van der Waals surface area (Å²) >= 11 is 0. The normalized spacial score (nSPS) is 12.6. The van der Waals surface area contributed by atoms with Crippen LogP contribution in [0.5, 0.6) is 0 Å². The molecular weight excluding hydrogens is 1150 g/mol. The predicted octanol–water partition coefficient (Wildman–Crippen LogP) is 26.4. The van der Waals surface area contributed by atoms with Crippen LogP contribution in [0.2, 0.25) is 0 Å². The van der Waals surface area contributed by atoms with Crippen molar-refractivity contribution in [3.8, 4) is 0 Å². The largest absolute Gasteiger partial charge is 2.00 e. The first-order valence-electron chi connectivity index (χ1n) is 39.2. The van der Waals surface area contributed by atoms with Crippen molar-refractivity contribution in [2.45, 2.75) is 464 Å². The van der Waals surface area contributed by atoms with Crippen LogP contribution in [0.25, 0.3) is 0 Å². The van der Waals surface area contributed by atoms with E-state index in [9.17, 15) is 25.9 Å². The Balaban J connectivity index is -0.00000160. The molecule has 2 atom stereocenters. The molecule has 0 rings (SSSR count). The molecule has 8 nitrogen and oxygen atoms in total. The van der Waals surface area contributed by atoms with Crippen LogP contribution >= 0.6 is 0 Å². The minimum absolute atomic E-state index is 0. The van der Waals surface area contributed by atoms with Crippen molar-refractivity contribution in [2.75, 3.05) is 13.2 Å². The third-order valence-electron chi connectivity index (χ3n) is 18.8. The molecule has 0 spiro atoms. The predicted molar refractivity (Wildman–Crippen MR) is 381 cm³/mol. The molecule has 0 radical (unpaired) electrons. The van der Waals surface area contributed by atoms with E-state index >= 15 is 0 Å². The zero-order chi connectivity index (χ0) is 63.1. The molecule has 0 N–H and O–H groups in total. The van der Waals surface area contributed by atoms with Gasteiger partial charge in [-0.3, -0.25) is 8.37 Å². The summed E-state index contributed by atoms with van der Waals surface area (Å²) in [4.78, 5) is 0. The minimum atomic E-state index is -4.59. The van der Waals surface area contributed by atoms with Gasteiger partial charge in [0.1, 0.15) is 0 Å². The molecule has 2 unspecified atom stereocenters. The van der Waals surface area contributed by atoms with Crippen LogP contribution in [0.15, 0.2) is 0 Å². The van der Waals surface area contributed by atoms with Gasteiger partial charge in [-0.05, 0) is 37.5 Å². The summed E-state index contributed by atoms with van der Waals surface area (Å²) in [6.07, 6.45) is 90.7. The summed E-state index contributed by atoms with van der Waals surface area (Å²) in [5, 5.41) is 0. The van der Waals surface area contributed by atoms with Crippen molar-refractivity contribution in [1.82, 2.24) is 0 Å². The molecule has 0 heterocycles. The van der Waals surface area contributed by atoms with Crippen LogP contribution in [0, 0.1) is 11.8 Å². The van der Waals surface area contributed by atoms with Gasteiger partial charge >= 0.3 is 37.7 Å². The van der Waals surface area contributed by atoms with Crippen LogP contribution in [-0.4, -0.2) is 76.9 Å². The Kier molecular flexibility index (Phi) is 82.3. The Hall–Kier alpha value is 1.000. The van der Waals surface area contributed by atoms with Crippen LogP contribution < -0.4 is 0 Å². The number of hydrogen-bond donors (Lipinski definition) is 0. The standard InChI is InChI=1S/2C38H78O4S.Ca/c2*1-3-5-7-9-11-13-15-17-18-19-20-21-22-24-26-28-30-32-34-36-38(37-42-43(39,40)41)35-33-31-29-27-25-23-16-14-12-10-8-6-4-2;/h2*38H,3-37H2,1-2H3,(H,39,40,41);/q;;+2/p-2. The molecule has 0 aliphatic heterocycles. The molecule has 0 saturated heterocycles. The van der Waals surface area contributed by atoms with Gasteiger partial charge in [-0.2, -0.15) is 0 Å². The Bertz CT molecular complexity index is 1360. The fourth-order valence-electron chi connectivity index (χ4n) is 12.9. The van der Waals surface area contributed by atoms with Crippen molar-refractivity contribution < 1.29 is 34.3 Å². The molecule has 0 amide bonds.